The number of aromatic nitrogens is 1. The smallest absolute Gasteiger partial charge is 0.264 e. The second-order valence-electron chi connectivity index (χ2n) is 5.55. The van der Waals surface area contributed by atoms with Crippen LogP contribution < -0.4 is 10.1 Å². The lowest BCUT2D eigenvalue weighted by Gasteiger charge is -2.10. The van der Waals surface area contributed by atoms with Crippen LogP contribution in [0.3, 0.4) is 0 Å². The van der Waals surface area contributed by atoms with Crippen molar-refractivity contribution in [2.75, 3.05) is 11.9 Å². The molecule has 0 saturated carbocycles. The Bertz CT molecular complexity index is 908. The summed E-state index contributed by atoms with van der Waals surface area (Å²) < 4.78 is 5.61. The third-order valence-electron chi connectivity index (χ3n) is 3.81. The quantitative estimate of drug-likeness (QED) is 0.678. The van der Waals surface area contributed by atoms with Crippen LogP contribution in [-0.2, 0) is 4.79 Å². The summed E-state index contributed by atoms with van der Waals surface area (Å²) in [5.41, 5.74) is 3.74. The number of anilines is 1. The van der Waals surface area contributed by atoms with Gasteiger partial charge in [0.25, 0.3) is 5.91 Å². The van der Waals surface area contributed by atoms with Gasteiger partial charge in [-0.05, 0) is 37.1 Å². The molecule has 1 amide bonds. The molecule has 2 aromatic carbocycles. The lowest BCUT2D eigenvalue weighted by molar-refractivity contribution is -0.118. The summed E-state index contributed by atoms with van der Waals surface area (Å²) in [7, 11) is 0. The number of thiazole rings is 1. The van der Waals surface area contributed by atoms with Gasteiger partial charge in [0.05, 0.1) is 5.69 Å². The van der Waals surface area contributed by atoms with Gasteiger partial charge >= 0.3 is 0 Å². The Morgan fingerprint density at radius 1 is 1.20 bits per heavy atom. The first-order valence-corrected chi connectivity index (χ1v) is 8.99. The van der Waals surface area contributed by atoms with Gasteiger partial charge in [0.1, 0.15) is 5.75 Å². The van der Waals surface area contributed by atoms with E-state index in [1.54, 1.807) is 0 Å². The molecule has 0 fully saturated rings. The monoisotopic (exact) mass is 372 g/mol. The van der Waals surface area contributed by atoms with Crippen molar-refractivity contribution in [1.82, 2.24) is 4.98 Å². The van der Waals surface area contributed by atoms with Crippen LogP contribution in [0.25, 0.3) is 11.3 Å². The van der Waals surface area contributed by atoms with E-state index in [0.29, 0.717) is 15.9 Å². The van der Waals surface area contributed by atoms with Gasteiger partial charge in [-0.25, -0.2) is 4.98 Å². The van der Waals surface area contributed by atoms with E-state index in [2.05, 4.69) is 10.3 Å². The van der Waals surface area contributed by atoms with Gasteiger partial charge in [0.15, 0.2) is 11.7 Å². The van der Waals surface area contributed by atoms with Crippen molar-refractivity contribution in [2.24, 2.45) is 0 Å². The number of nitrogens with zero attached hydrogens (tertiary/aromatic N) is 1. The summed E-state index contributed by atoms with van der Waals surface area (Å²) in [6.45, 7) is 3.92. The van der Waals surface area contributed by atoms with Crippen LogP contribution in [0.4, 0.5) is 5.13 Å². The zero-order valence-corrected chi connectivity index (χ0v) is 15.4. The van der Waals surface area contributed by atoms with Gasteiger partial charge in [-0.1, -0.05) is 41.9 Å². The van der Waals surface area contributed by atoms with Crippen molar-refractivity contribution in [3.63, 3.8) is 0 Å². The van der Waals surface area contributed by atoms with Crippen LogP contribution >= 0.6 is 22.9 Å². The molecule has 6 heteroatoms. The van der Waals surface area contributed by atoms with E-state index in [1.165, 1.54) is 11.3 Å². The third-order valence-corrected chi connectivity index (χ3v) is 4.90. The minimum atomic E-state index is -0.249. The fraction of sp³-hybridized carbons (Fsp3) is 0.158. The maximum atomic E-state index is 12.1. The van der Waals surface area contributed by atoms with E-state index in [9.17, 15) is 4.79 Å². The molecule has 0 radical (unpaired) electrons. The Labute approximate surface area is 155 Å². The van der Waals surface area contributed by atoms with E-state index < -0.39 is 0 Å². The van der Waals surface area contributed by atoms with Crippen LogP contribution in [-0.4, -0.2) is 17.5 Å². The van der Waals surface area contributed by atoms with Gasteiger partial charge in [-0.15, -0.1) is 11.3 Å². The standard InChI is InChI=1S/C19H17ClN2O2S/c1-12-6-5-9-17(13(12)2)24-10-18(23)22-19-21-16(11-25-19)14-7-3-4-8-15(14)20/h3-9,11H,10H2,1-2H3,(H,21,22,23). The lowest BCUT2D eigenvalue weighted by Crippen LogP contribution is -2.20. The van der Waals surface area contributed by atoms with Crippen LogP contribution in [0.1, 0.15) is 11.1 Å². The minimum absolute atomic E-state index is 0.0642. The number of rotatable bonds is 5. The molecular weight excluding hydrogens is 356 g/mol. The first-order valence-electron chi connectivity index (χ1n) is 7.74. The Hall–Kier alpha value is -2.37. The summed E-state index contributed by atoms with van der Waals surface area (Å²) in [4.78, 5) is 16.5. The molecule has 0 unspecified atom stereocenters. The summed E-state index contributed by atoms with van der Waals surface area (Å²) in [6, 6.07) is 13.2. The van der Waals surface area contributed by atoms with Crippen LogP contribution in [0, 0.1) is 13.8 Å². The fourth-order valence-corrected chi connectivity index (χ4v) is 3.26. The summed E-state index contributed by atoms with van der Waals surface area (Å²) in [6.07, 6.45) is 0. The molecule has 25 heavy (non-hydrogen) atoms. The normalized spacial score (nSPS) is 10.5. The van der Waals surface area contributed by atoms with Crippen molar-refractivity contribution in [3.8, 4) is 17.0 Å². The van der Waals surface area contributed by atoms with E-state index in [-0.39, 0.29) is 12.5 Å². The molecule has 1 N–H and O–H groups in total. The molecule has 3 aromatic rings. The molecule has 0 spiro atoms. The summed E-state index contributed by atoms with van der Waals surface area (Å²) >= 11 is 7.53. The number of halogens is 1. The molecule has 0 atom stereocenters. The number of ether oxygens (including phenoxy) is 1. The molecule has 0 aliphatic heterocycles. The number of hydrogen-bond donors (Lipinski definition) is 1. The zero-order valence-electron chi connectivity index (χ0n) is 13.9. The van der Waals surface area contributed by atoms with Crippen LogP contribution in [0.2, 0.25) is 5.02 Å². The van der Waals surface area contributed by atoms with Crippen molar-refractivity contribution < 1.29 is 9.53 Å². The second kappa shape index (κ2) is 7.68. The molecule has 4 nitrogen and oxygen atoms in total. The van der Waals surface area contributed by atoms with Crippen molar-refractivity contribution in [3.05, 3.63) is 64.0 Å². The number of amides is 1. The average Bonchev–Trinajstić information content (AvgIpc) is 3.05. The molecule has 3 rings (SSSR count). The van der Waals surface area contributed by atoms with E-state index in [4.69, 9.17) is 16.3 Å². The molecular formula is C19H17ClN2O2S. The highest BCUT2D eigenvalue weighted by Crippen LogP contribution is 2.30. The molecule has 0 aliphatic carbocycles. The third kappa shape index (κ3) is 4.18. The summed E-state index contributed by atoms with van der Waals surface area (Å²) in [5.74, 6) is 0.465. The largest absolute Gasteiger partial charge is 0.483 e. The zero-order chi connectivity index (χ0) is 17.8. The first kappa shape index (κ1) is 17.5. The van der Waals surface area contributed by atoms with Gasteiger partial charge in [-0.2, -0.15) is 0 Å². The van der Waals surface area contributed by atoms with Crippen LogP contribution in [0.15, 0.2) is 47.8 Å². The Kier molecular flexibility index (Phi) is 5.36. The maximum absolute atomic E-state index is 12.1. The topological polar surface area (TPSA) is 51.2 Å². The predicted octanol–water partition coefficient (Wildman–Crippen LogP) is 5.10. The van der Waals surface area contributed by atoms with Gasteiger partial charge in [0, 0.05) is 16.0 Å². The Balaban J connectivity index is 1.62. The maximum Gasteiger partial charge on any atom is 0.264 e. The fourth-order valence-electron chi connectivity index (χ4n) is 2.30. The average molecular weight is 373 g/mol. The van der Waals surface area contributed by atoms with Gasteiger partial charge < -0.3 is 4.74 Å². The highest BCUT2D eigenvalue weighted by Gasteiger charge is 2.11. The minimum Gasteiger partial charge on any atom is -0.483 e. The number of hydrogen-bond acceptors (Lipinski definition) is 4. The summed E-state index contributed by atoms with van der Waals surface area (Å²) in [5, 5.41) is 5.77. The van der Waals surface area contributed by atoms with Crippen molar-refractivity contribution in [2.45, 2.75) is 13.8 Å². The van der Waals surface area contributed by atoms with Crippen LogP contribution in [0.5, 0.6) is 5.75 Å². The van der Waals surface area contributed by atoms with Crippen molar-refractivity contribution in [1.29, 1.82) is 0 Å². The molecule has 0 saturated heterocycles. The lowest BCUT2D eigenvalue weighted by atomic mass is 10.1. The SMILES string of the molecule is Cc1cccc(OCC(=O)Nc2nc(-c3ccccc3Cl)cs2)c1C. The molecule has 128 valence electrons. The molecule has 0 bridgehead atoms. The molecule has 0 aliphatic rings. The number of carbonyl (C=O) groups excluding carboxylic acids is 1. The highest BCUT2D eigenvalue weighted by atomic mass is 35.5. The number of carbonyl (C=O) groups is 1. The number of nitrogens with one attached hydrogen (secondary N) is 1. The number of benzene rings is 2. The Morgan fingerprint density at radius 2 is 2.00 bits per heavy atom. The van der Waals surface area contributed by atoms with Crippen molar-refractivity contribution >= 4 is 34.0 Å². The second-order valence-corrected chi connectivity index (χ2v) is 6.82. The molecule has 1 heterocycles. The van der Waals surface area contributed by atoms with Gasteiger partial charge in [0.2, 0.25) is 0 Å². The van der Waals surface area contributed by atoms with E-state index in [0.717, 1.165) is 22.4 Å². The highest BCUT2D eigenvalue weighted by molar-refractivity contribution is 7.14. The van der Waals surface area contributed by atoms with E-state index >= 15 is 0 Å². The first-order chi connectivity index (χ1) is 12.0. The number of aryl methyl sites for hydroxylation is 1. The predicted molar refractivity (Wildman–Crippen MR) is 103 cm³/mol. The molecule has 1 aromatic heterocycles. The van der Waals surface area contributed by atoms with E-state index in [1.807, 2.05) is 61.7 Å². The van der Waals surface area contributed by atoms with Gasteiger partial charge in [-0.3, -0.25) is 10.1 Å². The Morgan fingerprint density at radius 3 is 2.80 bits per heavy atom.